The van der Waals surface area contributed by atoms with Crippen LogP contribution in [0.2, 0.25) is 0 Å². The lowest BCUT2D eigenvalue weighted by Gasteiger charge is -2.40. The molecule has 3 fully saturated rings. The van der Waals surface area contributed by atoms with E-state index in [0.29, 0.717) is 13.0 Å². The van der Waals surface area contributed by atoms with Crippen LogP contribution in [0.3, 0.4) is 0 Å². The highest BCUT2D eigenvalue weighted by Gasteiger charge is 2.72. The van der Waals surface area contributed by atoms with E-state index < -0.39 is 29.1 Å². The minimum Gasteiger partial charge on any atom is -0.373 e. The van der Waals surface area contributed by atoms with Crippen LogP contribution in [0.15, 0.2) is 11.6 Å². The molecule has 1 spiro atoms. The van der Waals surface area contributed by atoms with Crippen LogP contribution in [0.1, 0.15) is 33.6 Å². The highest BCUT2D eigenvalue weighted by molar-refractivity contribution is 5.87. The Kier molecular flexibility index (Phi) is 4.13. The summed E-state index contributed by atoms with van der Waals surface area (Å²) in [6, 6.07) is 0. The van der Waals surface area contributed by atoms with Crippen molar-refractivity contribution < 1.29 is 32.2 Å². The largest absolute Gasteiger partial charge is 0.412 e. The monoisotopic (exact) mass is 348 g/mol. The average molecular weight is 348 g/mol. The predicted octanol–water partition coefficient (Wildman–Crippen LogP) is 3.05. The normalized spacial score (nSPS) is 45.6. The molecular weight excluding hydrogens is 325 g/mol. The molecule has 0 aromatic rings. The van der Waals surface area contributed by atoms with Crippen LogP contribution in [0.25, 0.3) is 0 Å². The molecule has 7 heteroatoms. The van der Waals surface area contributed by atoms with Gasteiger partial charge in [0.25, 0.3) is 0 Å². The van der Waals surface area contributed by atoms with Gasteiger partial charge in [0.2, 0.25) is 0 Å². The number of allylic oxidation sites excluding steroid dienone is 1. The molecule has 1 saturated carbocycles. The second-order valence-corrected chi connectivity index (χ2v) is 7.41. The van der Waals surface area contributed by atoms with Gasteiger partial charge < -0.3 is 14.2 Å². The highest BCUT2D eigenvalue weighted by atomic mass is 19.4. The summed E-state index contributed by atoms with van der Waals surface area (Å²) in [5.41, 5.74) is -1.77. The van der Waals surface area contributed by atoms with Gasteiger partial charge >= 0.3 is 6.18 Å². The number of epoxide rings is 2. The summed E-state index contributed by atoms with van der Waals surface area (Å²) >= 11 is 0. The highest BCUT2D eigenvalue weighted by Crippen LogP contribution is 2.59. The maximum atomic E-state index is 12.6. The topological polar surface area (TPSA) is 51.4 Å². The van der Waals surface area contributed by atoms with Gasteiger partial charge in [0.15, 0.2) is 5.78 Å². The van der Waals surface area contributed by atoms with Crippen LogP contribution in [-0.2, 0) is 19.0 Å². The van der Waals surface area contributed by atoms with E-state index in [-0.39, 0.29) is 30.1 Å². The van der Waals surface area contributed by atoms with Gasteiger partial charge in [-0.05, 0) is 26.7 Å². The molecule has 0 bridgehead atoms. The Labute approximate surface area is 139 Å². The number of ether oxygens (including phenoxy) is 3. The van der Waals surface area contributed by atoms with E-state index in [1.807, 2.05) is 13.8 Å². The van der Waals surface area contributed by atoms with Crippen molar-refractivity contribution in [2.75, 3.05) is 13.7 Å². The lowest BCUT2D eigenvalue weighted by atomic mass is 9.66. The molecule has 24 heavy (non-hydrogen) atoms. The SMILES string of the molecule is CO[C@@H]1C(=O)[C@H](C)C[C@]2(CO2)[C@H]1C1(C)O[C@@H]1CC=C(C)C(F)(F)F. The molecule has 0 radical (unpaired) electrons. The molecule has 1 aliphatic carbocycles. The fourth-order valence-corrected chi connectivity index (χ4v) is 4.16. The summed E-state index contributed by atoms with van der Waals surface area (Å²) in [6.45, 7) is 5.29. The van der Waals surface area contributed by atoms with Gasteiger partial charge in [0, 0.05) is 18.6 Å². The zero-order valence-electron chi connectivity index (χ0n) is 14.3. The molecule has 0 aromatic carbocycles. The first-order valence-corrected chi connectivity index (χ1v) is 8.17. The molecule has 2 heterocycles. The van der Waals surface area contributed by atoms with E-state index in [1.54, 1.807) is 0 Å². The fraction of sp³-hybridized carbons (Fsp3) is 0.824. The summed E-state index contributed by atoms with van der Waals surface area (Å²) in [5, 5.41) is 0. The number of hydrogen-bond donors (Lipinski definition) is 0. The van der Waals surface area contributed by atoms with E-state index >= 15 is 0 Å². The van der Waals surface area contributed by atoms with Crippen molar-refractivity contribution in [1.82, 2.24) is 0 Å². The van der Waals surface area contributed by atoms with Crippen molar-refractivity contribution in [2.45, 2.75) is 63.2 Å². The third kappa shape index (κ3) is 2.80. The fourth-order valence-electron chi connectivity index (χ4n) is 4.16. The number of carbonyl (C=O) groups excluding carboxylic acids is 1. The maximum absolute atomic E-state index is 12.6. The Morgan fingerprint density at radius 1 is 1.46 bits per heavy atom. The molecule has 4 nitrogen and oxygen atoms in total. The first kappa shape index (κ1) is 17.9. The zero-order valence-corrected chi connectivity index (χ0v) is 14.3. The Balaban J connectivity index is 1.77. The Morgan fingerprint density at radius 3 is 2.58 bits per heavy atom. The van der Waals surface area contributed by atoms with Crippen molar-refractivity contribution >= 4 is 5.78 Å². The molecule has 6 atom stereocenters. The lowest BCUT2D eigenvalue weighted by Crippen LogP contribution is -2.55. The van der Waals surface area contributed by atoms with Gasteiger partial charge in [0.1, 0.15) is 17.3 Å². The first-order valence-electron chi connectivity index (χ1n) is 8.17. The van der Waals surface area contributed by atoms with Crippen molar-refractivity contribution in [3.05, 3.63) is 11.6 Å². The molecule has 0 N–H and O–H groups in total. The number of Topliss-reactive ketones (excluding diaryl/α,β-unsaturated/α-hetero) is 1. The number of alkyl halides is 3. The first-order chi connectivity index (χ1) is 11.0. The number of carbonyl (C=O) groups is 1. The average Bonchev–Trinajstić information content (AvgIpc) is 3.38. The molecule has 2 aliphatic heterocycles. The molecular formula is C17H23F3O4. The second kappa shape index (κ2) is 5.54. The number of hydrogen-bond acceptors (Lipinski definition) is 4. The molecule has 0 aromatic heterocycles. The minimum atomic E-state index is -4.32. The zero-order chi connectivity index (χ0) is 17.9. The quantitative estimate of drug-likeness (QED) is 0.579. The van der Waals surface area contributed by atoms with E-state index in [4.69, 9.17) is 14.2 Å². The smallest absolute Gasteiger partial charge is 0.373 e. The van der Waals surface area contributed by atoms with Crippen LogP contribution >= 0.6 is 0 Å². The van der Waals surface area contributed by atoms with Crippen LogP contribution in [0.5, 0.6) is 0 Å². The molecule has 0 amide bonds. The summed E-state index contributed by atoms with van der Waals surface area (Å²) < 4.78 is 54.8. The third-order valence-electron chi connectivity index (χ3n) is 5.74. The van der Waals surface area contributed by atoms with Gasteiger partial charge in [-0.1, -0.05) is 13.0 Å². The molecule has 2 saturated heterocycles. The van der Waals surface area contributed by atoms with Gasteiger partial charge in [-0.3, -0.25) is 4.79 Å². The van der Waals surface area contributed by atoms with E-state index in [2.05, 4.69) is 0 Å². The Morgan fingerprint density at radius 2 is 2.08 bits per heavy atom. The van der Waals surface area contributed by atoms with Gasteiger partial charge in [0.05, 0.1) is 18.6 Å². The summed E-state index contributed by atoms with van der Waals surface area (Å²) in [7, 11) is 1.48. The maximum Gasteiger partial charge on any atom is 0.412 e. The van der Waals surface area contributed by atoms with E-state index in [0.717, 1.165) is 13.0 Å². The van der Waals surface area contributed by atoms with Gasteiger partial charge in [-0.15, -0.1) is 0 Å². The van der Waals surface area contributed by atoms with Gasteiger partial charge in [-0.25, -0.2) is 0 Å². The molecule has 136 valence electrons. The predicted molar refractivity (Wildman–Crippen MR) is 79.5 cm³/mol. The second-order valence-electron chi connectivity index (χ2n) is 7.41. The Hall–Kier alpha value is -0.920. The van der Waals surface area contributed by atoms with Crippen LogP contribution in [0, 0.1) is 11.8 Å². The van der Waals surface area contributed by atoms with Crippen LogP contribution in [-0.4, -0.2) is 49.1 Å². The van der Waals surface area contributed by atoms with Crippen LogP contribution < -0.4 is 0 Å². The van der Waals surface area contributed by atoms with Crippen molar-refractivity contribution in [1.29, 1.82) is 0 Å². The number of halogens is 3. The molecule has 3 aliphatic rings. The number of methoxy groups -OCH3 is 1. The Bertz CT molecular complexity index is 567. The summed E-state index contributed by atoms with van der Waals surface area (Å²) in [6.07, 6.45) is -3.39. The van der Waals surface area contributed by atoms with Crippen molar-refractivity contribution in [3.63, 3.8) is 0 Å². The van der Waals surface area contributed by atoms with Gasteiger partial charge in [-0.2, -0.15) is 13.2 Å². The van der Waals surface area contributed by atoms with Crippen molar-refractivity contribution in [2.24, 2.45) is 11.8 Å². The summed E-state index contributed by atoms with van der Waals surface area (Å²) in [5.74, 6) is -0.425. The number of ketones is 1. The molecule has 1 unspecified atom stereocenters. The van der Waals surface area contributed by atoms with E-state index in [9.17, 15) is 18.0 Å². The van der Waals surface area contributed by atoms with Crippen LogP contribution in [0.4, 0.5) is 13.2 Å². The lowest BCUT2D eigenvalue weighted by molar-refractivity contribution is -0.148. The van der Waals surface area contributed by atoms with Crippen molar-refractivity contribution in [3.8, 4) is 0 Å². The standard InChI is InChI=1S/C17H23F3O4/c1-9-7-16(8-23-16)14(13(22-4)12(9)21)15(3)11(24-15)6-5-10(2)17(18,19)20/h5,9,11,13-14H,6-8H2,1-4H3/t9-,11-,13-,14-,15?,16+/m1/s1. The minimum absolute atomic E-state index is 0.0149. The summed E-state index contributed by atoms with van der Waals surface area (Å²) in [4.78, 5) is 12.5. The number of rotatable bonds is 4. The molecule has 3 rings (SSSR count). The third-order valence-corrected chi connectivity index (χ3v) is 5.74. The van der Waals surface area contributed by atoms with E-state index in [1.165, 1.54) is 7.11 Å².